The first-order valence-corrected chi connectivity index (χ1v) is 9.97. The van der Waals surface area contributed by atoms with Crippen LogP contribution in [0.3, 0.4) is 0 Å². The van der Waals surface area contributed by atoms with E-state index < -0.39 is 5.97 Å². The second kappa shape index (κ2) is 8.09. The summed E-state index contributed by atoms with van der Waals surface area (Å²) < 4.78 is 7.18. The summed E-state index contributed by atoms with van der Waals surface area (Å²) in [5.74, 6) is -0.257. The van der Waals surface area contributed by atoms with E-state index in [1.807, 2.05) is 36.4 Å². The monoisotopic (exact) mass is 408 g/mol. The van der Waals surface area contributed by atoms with Crippen LogP contribution >= 0.6 is 11.6 Å². The Bertz CT molecular complexity index is 1200. The third kappa shape index (κ3) is 3.63. The van der Waals surface area contributed by atoms with Crippen LogP contribution in [0.1, 0.15) is 36.5 Å². The van der Waals surface area contributed by atoms with Gasteiger partial charge >= 0.3 is 5.97 Å². The van der Waals surface area contributed by atoms with Gasteiger partial charge in [-0.2, -0.15) is 0 Å². The number of ether oxygens (including phenoxy) is 1. The third-order valence-corrected chi connectivity index (χ3v) is 4.98. The van der Waals surface area contributed by atoms with Gasteiger partial charge in [0.05, 0.1) is 23.3 Å². The zero-order chi connectivity index (χ0) is 20.4. The Morgan fingerprint density at radius 3 is 2.59 bits per heavy atom. The van der Waals surface area contributed by atoms with E-state index in [4.69, 9.17) is 27.1 Å². The van der Waals surface area contributed by atoms with Crippen molar-refractivity contribution in [3.8, 4) is 5.69 Å². The normalized spacial score (nSPS) is 11.2. The van der Waals surface area contributed by atoms with Crippen LogP contribution in [0.2, 0.25) is 5.02 Å². The van der Waals surface area contributed by atoms with Crippen molar-refractivity contribution >= 4 is 45.6 Å². The highest BCUT2D eigenvalue weighted by molar-refractivity contribution is 6.30. The second-order valence-corrected chi connectivity index (χ2v) is 7.24. The highest BCUT2D eigenvalue weighted by Gasteiger charge is 2.26. The molecule has 0 atom stereocenters. The zero-order valence-electron chi connectivity index (χ0n) is 16.1. The number of unbranched alkanes of at least 4 members (excludes halogenated alkanes) is 2. The number of hydrogen-bond donors (Lipinski definition) is 1. The number of halogens is 1. The van der Waals surface area contributed by atoms with Gasteiger partial charge < -0.3 is 10.5 Å². The molecule has 0 spiro atoms. The molecule has 2 aromatic carbocycles. The second-order valence-electron chi connectivity index (χ2n) is 6.80. The van der Waals surface area contributed by atoms with Crippen LogP contribution in [0.15, 0.2) is 48.5 Å². The molecule has 2 aromatic heterocycles. The Morgan fingerprint density at radius 1 is 1.10 bits per heavy atom. The molecule has 0 saturated carbocycles. The third-order valence-electron chi connectivity index (χ3n) is 4.75. The summed E-state index contributed by atoms with van der Waals surface area (Å²) in [6.07, 6.45) is 2.85. The number of esters is 1. The van der Waals surface area contributed by atoms with Gasteiger partial charge in [-0.05, 0) is 36.8 Å². The number of nitrogens with two attached hydrogens (primary N) is 1. The van der Waals surface area contributed by atoms with Crippen molar-refractivity contribution in [2.24, 2.45) is 0 Å². The van der Waals surface area contributed by atoms with Gasteiger partial charge in [0.15, 0.2) is 5.65 Å². The predicted octanol–water partition coefficient (Wildman–Crippen LogP) is 5.16. The lowest BCUT2D eigenvalue weighted by Gasteiger charge is -2.08. The molecule has 0 bridgehead atoms. The molecule has 0 fully saturated rings. The number of nitrogen functional groups attached to an aromatic ring is 1. The van der Waals surface area contributed by atoms with Gasteiger partial charge in [-0.15, -0.1) is 0 Å². The van der Waals surface area contributed by atoms with Gasteiger partial charge in [-0.3, -0.25) is 4.57 Å². The average molecular weight is 409 g/mol. The van der Waals surface area contributed by atoms with Crippen LogP contribution in [0.5, 0.6) is 0 Å². The molecule has 4 aromatic rings. The minimum atomic E-state index is -0.492. The molecule has 2 heterocycles. The Balaban J connectivity index is 1.91. The molecule has 2 N–H and O–H groups in total. The smallest absolute Gasteiger partial charge is 0.344 e. The van der Waals surface area contributed by atoms with Gasteiger partial charge in [0, 0.05) is 5.02 Å². The molecular formula is C22H21ClN4O2. The molecule has 0 aliphatic heterocycles. The van der Waals surface area contributed by atoms with E-state index in [0.29, 0.717) is 39.5 Å². The number of para-hydroxylation sites is 2. The van der Waals surface area contributed by atoms with Crippen LogP contribution in [0.4, 0.5) is 5.82 Å². The quantitative estimate of drug-likeness (QED) is 0.352. The molecule has 0 aliphatic rings. The molecule has 0 radical (unpaired) electrons. The number of rotatable bonds is 6. The van der Waals surface area contributed by atoms with Gasteiger partial charge in [-0.1, -0.05) is 49.6 Å². The van der Waals surface area contributed by atoms with Crippen LogP contribution in [-0.4, -0.2) is 27.1 Å². The molecule has 6 nitrogen and oxygen atoms in total. The van der Waals surface area contributed by atoms with Crippen LogP contribution in [0.25, 0.3) is 27.9 Å². The molecule has 0 aliphatic carbocycles. The van der Waals surface area contributed by atoms with Gasteiger partial charge in [0.1, 0.15) is 16.9 Å². The molecule has 7 heteroatoms. The van der Waals surface area contributed by atoms with E-state index >= 15 is 0 Å². The molecule has 0 amide bonds. The Kier molecular flexibility index (Phi) is 5.36. The molecule has 148 valence electrons. The number of hydrogen-bond acceptors (Lipinski definition) is 5. The number of nitrogens with zero attached hydrogens (tertiary/aromatic N) is 3. The maximum absolute atomic E-state index is 12.9. The van der Waals surface area contributed by atoms with E-state index in [1.165, 1.54) is 0 Å². The number of anilines is 1. The average Bonchev–Trinajstić information content (AvgIpc) is 3.00. The van der Waals surface area contributed by atoms with E-state index in [2.05, 4.69) is 11.9 Å². The van der Waals surface area contributed by atoms with Crippen LogP contribution < -0.4 is 5.73 Å². The van der Waals surface area contributed by atoms with Crippen molar-refractivity contribution < 1.29 is 9.53 Å². The van der Waals surface area contributed by atoms with E-state index in [-0.39, 0.29) is 11.4 Å². The zero-order valence-corrected chi connectivity index (χ0v) is 16.8. The Hall–Kier alpha value is -3.12. The van der Waals surface area contributed by atoms with Crippen LogP contribution in [-0.2, 0) is 4.74 Å². The van der Waals surface area contributed by atoms with Crippen molar-refractivity contribution in [1.29, 1.82) is 0 Å². The van der Waals surface area contributed by atoms with Crippen molar-refractivity contribution in [3.63, 3.8) is 0 Å². The first-order chi connectivity index (χ1) is 14.1. The highest BCUT2D eigenvalue weighted by Crippen LogP contribution is 2.32. The first-order valence-electron chi connectivity index (χ1n) is 9.60. The molecule has 29 heavy (non-hydrogen) atoms. The lowest BCUT2D eigenvalue weighted by atomic mass is 10.2. The minimum absolute atomic E-state index is 0.231. The summed E-state index contributed by atoms with van der Waals surface area (Å²) in [5.41, 5.74) is 9.67. The highest BCUT2D eigenvalue weighted by atomic mass is 35.5. The summed E-state index contributed by atoms with van der Waals surface area (Å²) in [5, 5.41) is 0.557. The molecule has 0 saturated heterocycles. The number of carbonyl (C=O) groups is 1. The van der Waals surface area contributed by atoms with Gasteiger partial charge in [0.25, 0.3) is 0 Å². The first kappa shape index (κ1) is 19.2. The maximum Gasteiger partial charge on any atom is 0.344 e. The van der Waals surface area contributed by atoms with Gasteiger partial charge in [0.2, 0.25) is 0 Å². The molecule has 4 rings (SSSR count). The van der Waals surface area contributed by atoms with Crippen molar-refractivity contribution in [3.05, 3.63) is 59.1 Å². The fourth-order valence-corrected chi connectivity index (χ4v) is 3.51. The van der Waals surface area contributed by atoms with Crippen molar-refractivity contribution in [1.82, 2.24) is 14.5 Å². The van der Waals surface area contributed by atoms with E-state index in [1.54, 1.807) is 16.7 Å². The van der Waals surface area contributed by atoms with Gasteiger partial charge in [-0.25, -0.2) is 14.8 Å². The van der Waals surface area contributed by atoms with Crippen LogP contribution in [0, 0.1) is 0 Å². The number of benzene rings is 2. The summed E-state index contributed by atoms with van der Waals surface area (Å²) in [6, 6.07) is 14.7. The summed E-state index contributed by atoms with van der Waals surface area (Å²) >= 11 is 6.18. The fraction of sp³-hybridized carbons (Fsp3) is 0.227. The minimum Gasteiger partial charge on any atom is -0.462 e. The fourth-order valence-electron chi connectivity index (χ4n) is 3.33. The Labute approximate surface area is 173 Å². The molecule has 0 unspecified atom stereocenters. The number of aromatic nitrogens is 3. The topological polar surface area (TPSA) is 83.0 Å². The lowest BCUT2D eigenvalue weighted by Crippen LogP contribution is -2.10. The summed E-state index contributed by atoms with van der Waals surface area (Å²) in [6.45, 7) is 2.44. The lowest BCUT2D eigenvalue weighted by molar-refractivity contribution is 0.0501. The van der Waals surface area contributed by atoms with E-state index in [9.17, 15) is 4.79 Å². The standard InChI is InChI=1S/C22H21ClN4O2/c1-2-3-6-12-29-22(28)18-19-21(26-17-11-5-4-10-16(17)25-19)27(20(18)24)15-9-7-8-14(23)13-15/h4-5,7-11,13H,2-3,6,12,24H2,1H3. The van der Waals surface area contributed by atoms with Crippen molar-refractivity contribution in [2.75, 3.05) is 12.3 Å². The van der Waals surface area contributed by atoms with E-state index in [0.717, 1.165) is 19.3 Å². The number of fused-ring (bicyclic) bond motifs is 2. The van der Waals surface area contributed by atoms with Crippen molar-refractivity contribution in [2.45, 2.75) is 26.2 Å². The molecular weight excluding hydrogens is 388 g/mol. The SMILES string of the molecule is CCCCCOC(=O)c1c(N)n(-c2cccc(Cl)c2)c2nc3ccccc3nc12. The predicted molar refractivity (Wildman–Crippen MR) is 116 cm³/mol. The Morgan fingerprint density at radius 2 is 1.86 bits per heavy atom. The largest absolute Gasteiger partial charge is 0.462 e. The number of carbonyl (C=O) groups excluding carboxylic acids is 1. The summed E-state index contributed by atoms with van der Waals surface area (Å²) in [4.78, 5) is 22.3. The summed E-state index contributed by atoms with van der Waals surface area (Å²) in [7, 11) is 0. The maximum atomic E-state index is 12.9.